The second-order valence-electron chi connectivity index (χ2n) is 6.34. The smallest absolute Gasteiger partial charge is 0.230 e. The van der Waals surface area contributed by atoms with Crippen molar-refractivity contribution in [2.24, 2.45) is 0 Å². The van der Waals surface area contributed by atoms with Crippen molar-refractivity contribution in [3.8, 4) is 17.4 Å². The average molecular weight is 388 g/mol. The van der Waals surface area contributed by atoms with Gasteiger partial charge in [-0.1, -0.05) is 17.4 Å². The van der Waals surface area contributed by atoms with Gasteiger partial charge in [0.2, 0.25) is 10.8 Å². The summed E-state index contributed by atoms with van der Waals surface area (Å²) in [7, 11) is 3.19. The van der Waals surface area contributed by atoms with Gasteiger partial charge in [-0.05, 0) is 17.7 Å². The second kappa shape index (κ2) is 7.16. The first kappa shape index (κ1) is 17.7. The highest BCUT2D eigenvalue weighted by Crippen LogP contribution is 2.42. The van der Waals surface area contributed by atoms with Crippen LogP contribution in [0.3, 0.4) is 0 Å². The number of likely N-dealkylation sites (tertiary alicyclic amines) is 1. The first-order valence-corrected chi connectivity index (χ1v) is 9.43. The van der Waals surface area contributed by atoms with Gasteiger partial charge in [0.1, 0.15) is 12.1 Å². The minimum absolute atomic E-state index is 0.0733. The summed E-state index contributed by atoms with van der Waals surface area (Å²) in [5.41, 5.74) is 0.946. The Morgan fingerprint density at radius 2 is 1.93 bits per heavy atom. The molecule has 0 aliphatic carbocycles. The lowest BCUT2D eigenvalue weighted by Crippen LogP contribution is -2.37. The van der Waals surface area contributed by atoms with E-state index in [4.69, 9.17) is 9.47 Å². The normalized spacial score (nSPS) is 16.6. The molecule has 27 heavy (non-hydrogen) atoms. The number of aromatic nitrogens is 3. The maximum Gasteiger partial charge on any atom is 0.230 e. The number of hydrogen-bond donors (Lipinski definition) is 1. The lowest BCUT2D eigenvalue weighted by atomic mass is 9.99. The number of Topliss-reactive ketones (excluding diaryl/α,β-unsaturated/α-hetero) is 1. The van der Waals surface area contributed by atoms with Crippen molar-refractivity contribution < 1.29 is 19.4 Å². The largest absolute Gasteiger partial charge is 0.493 e. The van der Waals surface area contributed by atoms with Crippen molar-refractivity contribution in [3.63, 3.8) is 0 Å². The number of methoxy groups -OCH3 is 2. The molecule has 1 N–H and O–H groups in total. The van der Waals surface area contributed by atoms with E-state index in [1.165, 1.54) is 22.2 Å². The van der Waals surface area contributed by atoms with E-state index < -0.39 is 0 Å². The number of fused-ring (bicyclic) bond motifs is 1. The minimum atomic E-state index is -0.230. The summed E-state index contributed by atoms with van der Waals surface area (Å²) in [6.45, 7) is 1.26. The molecule has 0 amide bonds. The van der Waals surface area contributed by atoms with Crippen molar-refractivity contribution >= 4 is 22.1 Å². The number of nitrogens with zero attached hydrogens (tertiary/aromatic N) is 4. The van der Waals surface area contributed by atoms with Gasteiger partial charge >= 0.3 is 0 Å². The van der Waals surface area contributed by atoms with Crippen LogP contribution < -0.4 is 9.47 Å². The van der Waals surface area contributed by atoms with Crippen LogP contribution in [0.4, 0.5) is 0 Å². The Labute approximate surface area is 160 Å². The lowest BCUT2D eigenvalue weighted by Gasteiger charge is -2.34. The van der Waals surface area contributed by atoms with E-state index in [0.717, 1.165) is 10.4 Å². The third kappa shape index (κ3) is 3.13. The van der Waals surface area contributed by atoms with Gasteiger partial charge in [0, 0.05) is 25.9 Å². The molecule has 1 aromatic carbocycles. The number of carbonyl (C=O) groups is 1. The molecule has 1 aliphatic heterocycles. The Hall–Kier alpha value is -2.65. The van der Waals surface area contributed by atoms with Crippen LogP contribution in [0, 0.1) is 0 Å². The molecular weight excluding hydrogens is 368 g/mol. The predicted molar refractivity (Wildman–Crippen MR) is 99.7 cm³/mol. The number of thiazole rings is 1. The molecule has 1 unspecified atom stereocenters. The molecule has 0 spiro atoms. The molecule has 142 valence electrons. The highest BCUT2D eigenvalue weighted by Gasteiger charge is 2.32. The number of ether oxygens (including phenoxy) is 2. The molecule has 0 bridgehead atoms. The van der Waals surface area contributed by atoms with E-state index in [1.54, 1.807) is 14.2 Å². The first-order chi connectivity index (χ1) is 13.1. The Morgan fingerprint density at radius 1 is 1.19 bits per heavy atom. The molecule has 2 aromatic heterocycles. The zero-order chi connectivity index (χ0) is 19.0. The van der Waals surface area contributed by atoms with E-state index in [9.17, 15) is 9.90 Å². The van der Waals surface area contributed by atoms with Crippen LogP contribution >= 0.6 is 11.3 Å². The molecule has 1 fully saturated rings. The van der Waals surface area contributed by atoms with Gasteiger partial charge in [-0.15, -0.1) is 0 Å². The maximum atomic E-state index is 11.7. The molecule has 1 aliphatic rings. The van der Waals surface area contributed by atoms with Crippen molar-refractivity contribution in [1.29, 1.82) is 0 Å². The van der Waals surface area contributed by atoms with Crippen LogP contribution in [0.5, 0.6) is 17.4 Å². The van der Waals surface area contributed by atoms with Crippen LogP contribution in [0.25, 0.3) is 4.96 Å². The van der Waals surface area contributed by atoms with Gasteiger partial charge < -0.3 is 14.6 Å². The van der Waals surface area contributed by atoms with Gasteiger partial charge in [0.15, 0.2) is 11.5 Å². The number of rotatable bonds is 5. The highest BCUT2D eigenvalue weighted by atomic mass is 32.1. The number of aromatic hydroxyl groups is 1. The van der Waals surface area contributed by atoms with E-state index in [0.29, 0.717) is 42.4 Å². The summed E-state index contributed by atoms with van der Waals surface area (Å²) < 4.78 is 12.2. The highest BCUT2D eigenvalue weighted by molar-refractivity contribution is 7.17. The molecule has 1 saturated heterocycles. The number of ketones is 1. The number of benzene rings is 1. The van der Waals surface area contributed by atoms with Crippen molar-refractivity contribution in [1.82, 2.24) is 19.5 Å². The fourth-order valence-electron chi connectivity index (χ4n) is 3.45. The lowest BCUT2D eigenvalue weighted by molar-refractivity contribution is -0.121. The quantitative estimate of drug-likeness (QED) is 0.717. The zero-order valence-electron chi connectivity index (χ0n) is 15.1. The monoisotopic (exact) mass is 388 g/mol. The van der Waals surface area contributed by atoms with Gasteiger partial charge in [-0.3, -0.25) is 9.69 Å². The third-order valence-corrected chi connectivity index (χ3v) is 5.92. The standard InChI is InChI=1S/C18H20N4O4S/c1-25-13-4-3-11(9-14(13)26-2)15(21-7-5-12(23)6-8-21)16-17(24)22-18(27-16)19-10-20-22/h3-4,9-10,15,24H,5-8H2,1-2H3. The first-order valence-electron chi connectivity index (χ1n) is 8.61. The van der Waals surface area contributed by atoms with Crippen LogP contribution in [0.1, 0.15) is 29.3 Å². The predicted octanol–water partition coefficient (Wildman–Crippen LogP) is 2.27. The van der Waals surface area contributed by atoms with Crippen LogP contribution in [-0.4, -0.2) is 57.7 Å². The Bertz CT molecular complexity index is 973. The van der Waals surface area contributed by atoms with Crippen molar-refractivity contribution in [3.05, 3.63) is 35.0 Å². The summed E-state index contributed by atoms with van der Waals surface area (Å²) in [5.74, 6) is 1.60. The number of piperidine rings is 1. The van der Waals surface area contributed by atoms with Gasteiger partial charge in [0.25, 0.3) is 0 Å². The van der Waals surface area contributed by atoms with E-state index in [1.807, 2.05) is 18.2 Å². The molecule has 3 aromatic rings. The summed E-state index contributed by atoms with van der Waals surface area (Å²) in [6, 6.07) is 5.49. The van der Waals surface area contributed by atoms with E-state index in [2.05, 4.69) is 15.0 Å². The third-order valence-electron chi connectivity index (χ3n) is 4.83. The second-order valence-corrected chi connectivity index (χ2v) is 7.35. The molecule has 1 atom stereocenters. The van der Waals surface area contributed by atoms with Gasteiger partial charge in [0.05, 0.1) is 25.1 Å². The Balaban J connectivity index is 1.82. The Kier molecular flexibility index (Phi) is 4.71. The summed E-state index contributed by atoms with van der Waals surface area (Å²) in [6.07, 6.45) is 2.43. The van der Waals surface area contributed by atoms with E-state index >= 15 is 0 Å². The maximum absolute atomic E-state index is 11.7. The Morgan fingerprint density at radius 3 is 2.59 bits per heavy atom. The topological polar surface area (TPSA) is 89.2 Å². The summed E-state index contributed by atoms with van der Waals surface area (Å²) in [5, 5.41) is 14.8. The molecule has 4 rings (SSSR count). The molecule has 0 radical (unpaired) electrons. The molecule has 8 nitrogen and oxygen atoms in total. The van der Waals surface area contributed by atoms with Crippen LogP contribution in [-0.2, 0) is 4.79 Å². The number of carbonyl (C=O) groups excluding carboxylic acids is 1. The fraction of sp³-hybridized carbons (Fsp3) is 0.389. The van der Waals surface area contributed by atoms with Crippen molar-refractivity contribution in [2.45, 2.75) is 18.9 Å². The van der Waals surface area contributed by atoms with Gasteiger partial charge in [-0.2, -0.15) is 9.61 Å². The molecule has 9 heteroatoms. The molecule has 3 heterocycles. The van der Waals surface area contributed by atoms with Crippen molar-refractivity contribution in [2.75, 3.05) is 27.3 Å². The van der Waals surface area contributed by atoms with Crippen LogP contribution in [0.15, 0.2) is 24.5 Å². The minimum Gasteiger partial charge on any atom is -0.493 e. The fourth-order valence-corrected chi connectivity index (χ4v) is 4.55. The SMILES string of the molecule is COc1ccc(C(c2sc3ncnn3c2O)N2CCC(=O)CC2)cc1OC. The van der Waals surface area contributed by atoms with Crippen LogP contribution in [0.2, 0.25) is 0 Å². The summed E-state index contributed by atoms with van der Waals surface area (Å²) in [4.78, 5) is 19.5. The van der Waals surface area contributed by atoms with Gasteiger partial charge in [-0.25, -0.2) is 4.98 Å². The zero-order valence-corrected chi connectivity index (χ0v) is 15.9. The average Bonchev–Trinajstić information content (AvgIpc) is 3.27. The molecular formula is C18H20N4O4S. The number of hydrogen-bond acceptors (Lipinski definition) is 8. The van der Waals surface area contributed by atoms with E-state index in [-0.39, 0.29) is 17.7 Å². The molecule has 0 saturated carbocycles. The summed E-state index contributed by atoms with van der Waals surface area (Å²) >= 11 is 1.39.